The molecule has 0 saturated carbocycles. The fourth-order valence-corrected chi connectivity index (χ4v) is 13.1. The molecule has 0 unspecified atom stereocenters. The molecule has 0 heterocycles. The van der Waals surface area contributed by atoms with Gasteiger partial charge in [-0.3, -0.25) is 0 Å². The molecule has 2 aliphatic rings. The van der Waals surface area contributed by atoms with Crippen LogP contribution in [0.25, 0.3) is 0 Å². The molecular weight excluding hydrogens is 408 g/mol. The molecule has 2 aliphatic carbocycles. The molecule has 2 aromatic rings. The maximum atomic E-state index is 2.48. The molecule has 2 aromatic carbocycles. The van der Waals surface area contributed by atoms with Crippen molar-refractivity contribution < 1.29 is 16.6 Å². The van der Waals surface area contributed by atoms with Gasteiger partial charge in [-0.25, -0.2) is 0 Å². The van der Waals surface area contributed by atoms with E-state index in [-0.39, 0.29) is 0 Å². The van der Waals surface area contributed by atoms with Gasteiger partial charge in [0.1, 0.15) is 0 Å². The minimum absolute atomic E-state index is 1.10. The Morgan fingerprint density at radius 1 is 0.613 bits per heavy atom. The average Bonchev–Trinajstić information content (AvgIpc) is 3.54. The molecule has 0 N–H and O–H groups in total. The second-order valence-electron chi connectivity index (χ2n) is 9.00. The van der Waals surface area contributed by atoms with Crippen LogP contribution in [0.3, 0.4) is 0 Å². The van der Waals surface area contributed by atoms with Gasteiger partial charge in [0.25, 0.3) is 0 Å². The van der Waals surface area contributed by atoms with Crippen LogP contribution >= 0.6 is 0 Å². The fraction of sp³-hybridized carbons (Fsp3) is 0.333. The summed E-state index contributed by atoms with van der Waals surface area (Å²) in [5, 5.41) is 0. The average molecular weight is 444 g/mol. The monoisotopic (exact) mass is 444 g/mol. The van der Waals surface area contributed by atoms with Crippen molar-refractivity contribution >= 4 is 7.74 Å². The number of unbranched alkanes of at least 4 members (excludes halogenated alkanes) is 2. The van der Waals surface area contributed by atoms with E-state index >= 15 is 0 Å². The Labute approximate surface area is 192 Å². The Morgan fingerprint density at radius 2 is 1.03 bits per heavy atom. The minimum atomic E-state index is -2.90. The van der Waals surface area contributed by atoms with Crippen LogP contribution in [0.5, 0.6) is 0 Å². The zero-order valence-corrected chi connectivity index (χ0v) is 20.8. The van der Waals surface area contributed by atoms with Gasteiger partial charge in [0.05, 0.1) is 0 Å². The van der Waals surface area contributed by atoms with Crippen molar-refractivity contribution in [1.29, 1.82) is 0 Å². The summed E-state index contributed by atoms with van der Waals surface area (Å²) in [6, 6.07) is 19.6. The number of rotatable bonds is 10. The van der Waals surface area contributed by atoms with Crippen molar-refractivity contribution in [2.45, 2.75) is 65.2 Å². The van der Waals surface area contributed by atoms with E-state index in [9.17, 15) is 0 Å². The summed E-state index contributed by atoms with van der Waals surface area (Å²) in [7, 11) is 0. The third-order valence-electron chi connectivity index (χ3n) is 6.92. The van der Waals surface area contributed by atoms with E-state index in [2.05, 4.69) is 98.8 Å². The van der Waals surface area contributed by atoms with Gasteiger partial charge in [0, 0.05) is 0 Å². The van der Waals surface area contributed by atoms with Crippen LogP contribution in [0.2, 0.25) is 0 Å². The van der Waals surface area contributed by atoms with Crippen LogP contribution in [-0.4, -0.2) is 0 Å². The number of aryl methyl sites for hydroxylation is 2. The van der Waals surface area contributed by atoms with Crippen molar-refractivity contribution in [3.05, 3.63) is 104 Å². The fourth-order valence-electron chi connectivity index (χ4n) is 5.17. The zero-order valence-electron chi connectivity index (χ0n) is 19.2. The summed E-state index contributed by atoms with van der Waals surface area (Å²) in [6.45, 7) is 4.55. The van der Waals surface area contributed by atoms with E-state index in [0.29, 0.717) is 0 Å². The van der Waals surface area contributed by atoms with Crippen molar-refractivity contribution in [3.63, 3.8) is 0 Å². The summed E-state index contributed by atoms with van der Waals surface area (Å²) in [5.41, 5.74) is 2.96. The molecule has 0 nitrogen and oxygen atoms in total. The molecule has 0 radical (unpaired) electrons. The Kier molecular flexibility index (Phi) is 7.64. The van der Waals surface area contributed by atoms with Gasteiger partial charge in [-0.05, 0) is 0 Å². The summed E-state index contributed by atoms with van der Waals surface area (Å²) in [6.07, 6.45) is 23.8. The molecule has 0 spiro atoms. The molecule has 0 fully saturated rings. The Balaban J connectivity index is 1.81. The van der Waals surface area contributed by atoms with Gasteiger partial charge < -0.3 is 0 Å². The van der Waals surface area contributed by atoms with Crippen molar-refractivity contribution in [2.24, 2.45) is 0 Å². The van der Waals surface area contributed by atoms with E-state index in [1.165, 1.54) is 49.7 Å². The van der Waals surface area contributed by atoms with Gasteiger partial charge in [0.15, 0.2) is 0 Å². The SMILES string of the molecule is CCCCc1cc[c]([Ti]([C]2=CC=CC2)([C]2=CC=CC2)[c]2ccc(CCCC)cc2)cc1. The molecule has 0 aromatic heterocycles. The van der Waals surface area contributed by atoms with E-state index in [0.717, 1.165) is 12.8 Å². The van der Waals surface area contributed by atoms with Gasteiger partial charge in [-0.1, -0.05) is 0 Å². The Bertz CT molecular complexity index is 900. The van der Waals surface area contributed by atoms with E-state index in [1.54, 1.807) is 15.5 Å². The van der Waals surface area contributed by atoms with Crippen molar-refractivity contribution in [3.8, 4) is 0 Å². The second kappa shape index (κ2) is 10.6. The Morgan fingerprint density at radius 3 is 1.35 bits per heavy atom. The van der Waals surface area contributed by atoms with Crippen LogP contribution in [0.4, 0.5) is 0 Å². The summed E-state index contributed by atoms with van der Waals surface area (Å²) in [5.74, 6) is 0. The first-order valence-electron chi connectivity index (χ1n) is 12.2. The van der Waals surface area contributed by atoms with Gasteiger partial charge in [-0.2, -0.15) is 0 Å². The van der Waals surface area contributed by atoms with E-state index in [1.807, 2.05) is 0 Å². The molecule has 160 valence electrons. The summed E-state index contributed by atoms with van der Waals surface area (Å²) >= 11 is -2.90. The van der Waals surface area contributed by atoms with Gasteiger partial charge in [-0.15, -0.1) is 0 Å². The number of hydrogen-bond acceptors (Lipinski definition) is 0. The quantitative estimate of drug-likeness (QED) is 0.341. The molecular formula is C30H36Ti. The summed E-state index contributed by atoms with van der Waals surface area (Å²) < 4.78 is 6.54. The third-order valence-corrected chi connectivity index (χ3v) is 14.8. The molecule has 0 atom stereocenters. The first-order chi connectivity index (χ1) is 15.3. The van der Waals surface area contributed by atoms with Crippen LogP contribution in [-0.2, 0) is 29.4 Å². The summed E-state index contributed by atoms with van der Waals surface area (Å²) in [4.78, 5) is 0. The predicted molar refractivity (Wildman–Crippen MR) is 133 cm³/mol. The standard InChI is InChI=1S/2C10H13.2C5H5.Ti/c2*1-2-3-7-10-8-5-4-6-9-10;2*1-2-4-5-3-1;/h2*5-6,8-9H,2-3,7H2,1H3;2*1-3H,4H2;. The normalized spacial score (nSPS) is 15.4. The van der Waals surface area contributed by atoms with E-state index in [4.69, 9.17) is 0 Å². The van der Waals surface area contributed by atoms with Gasteiger partial charge >= 0.3 is 193 Å². The Hall–Kier alpha value is -1.89. The zero-order chi connectivity index (χ0) is 21.5. The number of allylic oxidation sites excluding steroid dienone is 8. The van der Waals surface area contributed by atoms with Crippen LogP contribution in [0.1, 0.15) is 63.5 Å². The van der Waals surface area contributed by atoms with Crippen LogP contribution in [0.15, 0.2) is 92.7 Å². The predicted octanol–water partition coefficient (Wildman–Crippen LogP) is 7.16. The molecule has 0 saturated heterocycles. The topological polar surface area (TPSA) is 0 Å². The third kappa shape index (κ3) is 4.66. The number of benzene rings is 2. The number of hydrogen-bond donors (Lipinski definition) is 0. The molecule has 0 aliphatic heterocycles. The first-order valence-corrected chi connectivity index (χ1v) is 15.3. The second-order valence-corrected chi connectivity index (χ2v) is 15.2. The van der Waals surface area contributed by atoms with Crippen molar-refractivity contribution in [2.75, 3.05) is 0 Å². The van der Waals surface area contributed by atoms with Crippen LogP contribution in [0, 0.1) is 0 Å². The maximum absolute atomic E-state index is 2.90. The van der Waals surface area contributed by atoms with E-state index < -0.39 is 16.6 Å². The van der Waals surface area contributed by atoms with Crippen LogP contribution < -0.4 is 7.74 Å². The molecule has 1 heteroatoms. The molecule has 0 amide bonds. The molecule has 4 rings (SSSR count). The molecule has 0 bridgehead atoms. The van der Waals surface area contributed by atoms with Gasteiger partial charge in [0.2, 0.25) is 0 Å². The molecule has 31 heavy (non-hydrogen) atoms. The van der Waals surface area contributed by atoms with Crippen molar-refractivity contribution in [1.82, 2.24) is 0 Å². The first kappa shape index (κ1) is 22.3.